The van der Waals surface area contributed by atoms with Crippen LogP contribution in [0.3, 0.4) is 0 Å². The Labute approximate surface area is 169 Å². The molecule has 1 aliphatic rings. The molecule has 0 amide bonds. The molecular weight excluding hydrogens is 334 g/mol. The predicted octanol–water partition coefficient (Wildman–Crippen LogP) is 6.78. The lowest BCUT2D eigenvalue weighted by molar-refractivity contribution is -0.150. The van der Waals surface area contributed by atoms with Gasteiger partial charge in [-0.1, -0.05) is 90.4 Å². The van der Waals surface area contributed by atoms with Crippen LogP contribution in [0.15, 0.2) is 0 Å². The van der Waals surface area contributed by atoms with Crippen molar-refractivity contribution in [3.63, 3.8) is 0 Å². The quantitative estimate of drug-likeness (QED) is 0.223. The number of nitrogens with two attached hydrogens (primary N) is 1. The van der Waals surface area contributed by atoms with Crippen molar-refractivity contribution in [3.8, 4) is 0 Å². The molecule has 3 heteroatoms. The molecule has 0 saturated heterocycles. The molecule has 27 heavy (non-hydrogen) atoms. The van der Waals surface area contributed by atoms with E-state index in [1.807, 2.05) is 0 Å². The maximum atomic E-state index is 12.1. The summed E-state index contributed by atoms with van der Waals surface area (Å²) in [6.07, 6.45) is 23.1. The highest BCUT2D eigenvalue weighted by Crippen LogP contribution is 2.28. The average Bonchev–Trinajstić information content (AvgIpc) is 2.70. The van der Waals surface area contributed by atoms with Gasteiger partial charge in [0.05, 0.1) is 12.5 Å². The van der Waals surface area contributed by atoms with Gasteiger partial charge in [-0.2, -0.15) is 0 Å². The van der Waals surface area contributed by atoms with Gasteiger partial charge in [0.25, 0.3) is 0 Å². The molecule has 0 aromatic rings. The van der Waals surface area contributed by atoms with E-state index in [0.29, 0.717) is 12.5 Å². The molecular formula is C24H47NO2. The van der Waals surface area contributed by atoms with Gasteiger partial charge >= 0.3 is 5.97 Å². The van der Waals surface area contributed by atoms with Crippen molar-refractivity contribution in [2.75, 3.05) is 13.2 Å². The summed E-state index contributed by atoms with van der Waals surface area (Å²) in [7, 11) is 0. The number of unbranched alkanes of at least 4 members (excludes halogenated alkanes) is 13. The fourth-order valence-corrected chi connectivity index (χ4v) is 4.22. The summed E-state index contributed by atoms with van der Waals surface area (Å²) in [5.41, 5.74) is 5.71. The topological polar surface area (TPSA) is 52.3 Å². The van der Waals surface area contributed by atoms with Gasteiger partial charge < -0.3 is 10.5 Å². The molecule has 0 atom stereocenters. The van der Waals surface area contributed by atoms with Crippen molar-refractivity contribution >= 4 is 5.97 Å². The van der Waals surface area contributed by atoms with Gasteiger partial charge in [-0.3, -0.25) is 4.79 Å². The van der Waals surface area contributed by atoms with Gasteiger partial charge in [0, 0.05) is 0 Å². The smallest absolute Gasteiger partial charge is 0.308 e. The fourth-order valence-electron chi connectivity index (χ4n) is 4.22. The van der Waals surface area contributed by atoms with Crippen LogP contribution in [0.2, 0.25) is 0 Å². The lowest BCUT2D eigenvalue weighted by Gasteiger charge is -2.26. The first kappa shape index (κ1) is 24.5. The molecule has 160 valence electrons. The molecule has 0 spiro atoms. The van der Waals surface area contributed by atoms with Crippen LogP contribution in [0.5, 0.6) is 0 Å². The second-order valence-electron chi connectivity index (χ2n) is 8.72. The minimum Gasteiger partial charge on any atom is -0.465 e. The van der Waals surface area contributed by atoms with E-state index in [2.05, 4.69) is 6.92 Å². The van der Waals surface area contributed by atoms with E-state index < -0.39 is 0 Å². The van der Waals surface area contributed by atoms with Crippen LogP contribution in [0.1, 0.15) is 122 Å². The molecule has 0 aromatic heterocycles. The van der Waals surface area contributed by atoms with Crippen molar-refractivity contribution in [2.45, 2.75) is 122 Å². The first-order valence-corrected chi connectivity index (χ1v) is 12.1. The summed E-state index contributed by atoms with van der Waals surface area (Å²) in [4.78, 5) is 12.1. The molecule has 0 aromatic carbocycles. The number of carbonyl (C=O) groups is 1. The minimum absolute atomic E-state index is 0.0418. The summed E-state index contributed by atoms with van der Waals surface area (Å²) in [5, 5.41) is 0. The predicted molar refractivity (Wildman–Crippen MR) is 116 cm³/mol. The summed E-state index contributed by atoms with van der Waals surface area (Å²) in [6.45, 7) is 3.66. The maximum Gasteiger partial charge on any atom is 0.308 e. The Kier molecular flexibility index (Phi) is 15.9. The fraction of sp³-hybridized carbons (Fsp3) is 0.958. The van der Waals surface area contributed by atoms with Crippen LogP contribution in [-0.4, -0.2) is 19.1 Å². The summed E-state index contributed by atoms with van der Waals surface area (Å²) >= 11 is 0. The number of hydrogen-bond donors (Lipinski definition) is 1. The molecule has 1 saturated carbocycles. The molecule has 0 unspecified atom stereocenters. The molecule has 0 bridgehead atoms. The van der Waals surface area contributed by atoms with E-state index in [1.54, 1.807) is 0 Å². The van der Waals surface area contributed by atoms with Gasteiger partial charge in [0.15, 0.2) is 0 Å². The number of esters is 1. The molecule has 0 heterocycles. The molecule has 0 radical (unpaired) electrons. The zero-order chi connectivity index (χ0) is 19.6. The molecule has 3 nitrogen and oxygen atoms in total. The van der Waals surface area contributed by atoms with E-state index in [-0.39, 0.29) is 11.9 Å². The van der Waals surface area contributed by atoms with E-state index in [1.165, 1.54) is 83.5 Å². The van der Waals surface area contributed by atoms with Crippen LogP contribution in [0, 0.1) is 11.8 Å². The Morgan fingerprint density at radius 1 is 0.741 bits per heavy atom. The van der Waals surface area contributed by atoms with Crippen LogP contribution >= 0.6 is 0 Å². The summed E-state index contributed by atoms with van der Waals surface area (Å²) in [6, 6.07) is 0. The number of carbonyl (C=O) groups excluding carboxylic acids is 1. The van der Waals surface area contributed by atoms with Crippen LogP contribution in [0.25, 0.3) is 0 Å². The third-order valence-corrected chi connectivity index (χ3v) is 6.26. The second-order valence-corrected chi connectivity index (χ2v) is 8.72. The highest BCUT2D eigenvalue weighted by Gasteiger charge is 2.26. The zero-order valence-corrected chi connectivity index (χ0v) is 18.2. The molecule has 2 N–H and O–H groups in total. The molecule has 1 fully saturated rings. The minimum atomic E-state index is 0.0418. The van der Waals surface area contributed by atoms with Gasteiger partial charge in [0.1, 0.15) is 0 Å². The first-order valence-electron chi connectivity index (χ1n) is 12.1. The lowest BCUT2D eigenvalue weighted by Crippen LogP contribution is -2.27. The standard InChI is InChI=1S/C24H47NO2/c1-2-3-4-5-6-7-8-9-10-11-12-13-14-15-20-27-24(26)23-18-16-22(21-25)17-19-23/h22-23H,2-21,25H2,1H3. The Bertz CT molecular complexity index is 337. The highest BCUT2D eigenvalue weighted by atomic mass is 16.5. The Morgan fingerprint density at radius 2 is 1.19 bits per heavy atom. The van der Waals surface area contributed by atoms with Crippen molar-refractivity contribution < 1.29 is 9.53 Å². The average molecular weight is 382 g/mol. The molecule has 0 aliphatic heterocycles. The maximum absolute atomic E-state index is 12.1. The van der Waals surface area contributed by atoms with Crippen molar-refractivity contribution in [2.24, 2.45) is 17.6 Å². The van der Waals surface area contributed by atoms with Crippen molar-refractivity contribution in [1.29, 1.82) is 0 Å². The number of rotatable bonds is 17. The van der Waals surface area contributed by atoms with Gasteiger partial charge in [0.2, 0.25) is 0 Å². The van der Waals surface area contributed by atoms with Crippen molar-refractivity contribution in [3.05, 3.63) is 0 Å². The van der Waals surface area contributed by atoms with Gasteiger partial charge in [-0.05, 0) is 44.6 Å². The Morgan fingerprint density at radius 3 is 1.63 bits per heavy atom. The summed E-state index contributed by atoms with van der Waals surface area (Å²) < 4.78 is 5.49. The number of ether oxygens (including phenoxy) is 1. The van der Waals surface area contributed by atoms with E-state index in [9.17, 15) is 4.79 Å². The largest absolute Gasteiger partial charge is 0.465 e. The van der Waals surface area contributed by atoms with E-state index >= 15 is 0 Å². The van der Waals surface area contributed by atoms with Crippen molar-refractivity contribution in [1.82, 2.24) is 0 Å². The Balaban J connectivity index is 1.78. The van der Waals surface area contributed by atoms with Crippen LogP contribution in [-0.2, 0) is 9.53 Å². The van der Waals surface area contributed by atoms with E-state index in [4.69, 9.17) is 10.5 Å². The van der Waals surface area contributed by atoms with Crippen LogP contribution in [0.4, 0.5) is 0 Å². The zero-order valence-electron chi connectivity index (χ0n) is 18.2. The SMILES string of the molecule is CCCCCCCCCCCCCCCCOC(=O)C1CCC(CN)CC1. The number of hydrogen-bond acceptors (Lipinski definition) is 3. The highest BCUT2D eigenvalue weighted by molar-refractivity contribution is 5.72. The second kappa shape index (κ2) is 17.5. The van der Waals surface area contributed by atoms with Crippen LogP contribution < -0.4 is 5.73 Å². The summed E-state index contributed by atoms with van der Waals surface area (Å²) in [5.74, 6) is 0.805. The molecule has 1 rings (SSSR count). The van der Waals surface area contributed by atoms with Gasteiger partial charge in [-0.25, -0.2) is 0 Å². The van der Waals surface area contributed by atoms with E-state index in [0.717, 1.165) is 38.6 Å². The monoisotopic (exact) mass is 381 g/mol. The lowest BCUT2D eigenvalue weighted by atomic mass is 9.82. The first-order chi connectivity index (χ1) is 13.3. The normalized spacial score (nSPS) is 19.9. The van der Waals surface area contributed by atoms with Gasteiger partial charge in [-0.15, -0.1) is 0 Å². The Hall–Kier alpha value is -0.570. The third kappa shape index (κ3) is 13.3. The molecule has 1 aliphatic carbocycles. The third-order valence-electron chi connectivity index (χ3n) is 6.26.